The Morgan fingerprint density at radius 1 is 1.71 bits per heavy atom. The highest BCUT2D eigenvalue weighted by atomic mass is 16.2. The van der Waals surface area contributed by atoms with E-state index in [2.05, 4.69) is 10.3 Å². The number of amides is 1. The van der Waals surface area contributed by atoms with Crippen LogP contribution in [-0.4, -0.2) is 21.0 Å². The molecule has 0 aliphatic carbocycles. The highest BCUT2D eigenvalue weighted by Crippen LogP contribution is 1.98. The molecule has 5 heteroatoms. The number of nitrogens with one attached hydrogen (secondary N) is 1. The van der Waals surface area contributed by atoms with Crippen molar-refractivity contribution in [2.45, 2.75) is 25.9 Å². The largest absolute Gasteiger partial charge is 0.337 e. The molecule has 0 saturated carbocycles. The van der Waals surface area contributed by atoms with E-state index >= 15 is 0 Å². The van der Waals surface area contributed by atoms with Crippen molar-refractivity contribution in [1.29, 1.82) is 5.26 Å². The first kappa shape index (κ1) is 10.3. The van der Waals surface area contributed by atoms with E-state index in [1.54, 1.807) is 37.1 Å². The third-order valence-corrected chi connectivity index (χ3v) is 1.62. The Morgan fingerprint density at radius 3 is 2.93 bits per heavy atom. The Labute approximate surface area is 82.4 Å². The molecule has 74 valence electrons. The van der Waals surface area contributed by atoms with Gasteiger partial charge in [0.2, 0.25) is 5.91 Å². The van der Waals surface area contributed by atoms with Gasteiger partial charge in [-0.25, -0.2) is 4.98 Å². The quantitative estimate of drug-likeness (QED) is 0.748. The third kappa shape index (κ3) is 2.90. The molecule has 0 unspecified atom stereocenters. The van der Waals surface area contributed by atoms with Gasteiger partial charge in [0.05, 0.1) is 12.4 Å². The zero-order chi connectivity index (χ0) is 10.6. The molecule has 1 aromatic heterocycles. The van der Waals surface area contributed by atoms with Crippen LogP contribution >= 0.6 is 0 Å². The van der Waals surface area contributed by atoms with Gasteiger partial charge in [-0.2, -0.15) is 5.26 Å². The lowest BCUT2D eigenvalue weighted by atomic mass is 10.1. The summed E-state index contributed by atoms with van der Waals surface area (Å²) in [5.41, 5.74) is -0.822. The van der Waals surface area contributed by atoms with Crippen molar-refractivity contribution >= 4 is 5.91 Å². The molecule has 0 atom stereocenters. The van der Waals surface area contributed by atoms with Gasteiger partial charge in [0.1, 0.15) is 12.1 Å². The van der Waals surface area contributed by atoms with Gasteiger partial charge in [-0.3, -0.25) is 4.79 Å². The summed E-state index contributed by atoms with van der Waals surface area (Å²) in [4.78, 5) is 15.2. The Kier molecular flexibility index (Phi) is 2.87. The Hall–Kier alpha value is -1.83. The maximum absolute atomic E-state index is 11.4. The normalized spacial score (nSPS) is 10.6. The van der Waals surface area contributed by atoms with Gasteiger partial charge >= 0.3 is 0 Å². The number of aromatic nitrogens is 2. The lowest BCUT2D eigenvalue weighted by Gasteiger charge is -2.17. The minimum atomic E-state index is -0.822. The van der Waals surface area contributed by atoms with Crippen LogP contribution in [0.3, 0.4) is 0 Å². The standard InChI is InChI=1S/C9H12N4O/c1-9(2,6-10)12-8(14)5-13-4-3-11-7-13/h3-4,7H,5H2,1-2H3,(H,12,14). The van der Waals surface area contributed by atoms with Gasteiger partial charge in [-0.15, -0.1) is 0 Å². The smallest absolute Gasteiger partial charge is 0.241 e. The lowest BCUT2D eigenvalue weighted by molar-refractivity contribution is -0.122. The molecule has 1 rings (SSSR count). The summed E-state index contributed by atoms with van der Waals surface area (Å²) in [6.45, 7) is 3.49. The van der Waals surface area contributed by atoms with Crippen molar-refractivity contribution in [2.75, 3.05) is 0 Å². The van der Waals surface area contributed by atoms with Gasteiger partial charge in [-0.1, -0.05) is 0 Å². The fraction of sp³-hybridized carbons (Fsp3) is 0.444. The molecule has 0 saturated heterocycles. The number of carbonyl (C=O) groups is 1. The zero-order valence-corrected chi connectivity index (χ0v) is 8.19. The van der Waals surface area contributed by atoms with Crippen LogP contribution < -0.4 is 5.32 Å². The molecule has 0 aromatic carbocycles. The number of hydrogen-bond acceptors (Lipinski definition) is 3. The Bertz CT molecular complexity index is 347. The van der Waals surface area contributed by atoms with E-state index in [0.717, 1.165) is 0 Å². The number of nitrogens with zero attached hydrogens (tertiary/aromatic N) is 3. The Balaban J connectivity index is 2.49. The summed E-state index contributed by atoms with van der Waals surface area (Å²) in [7, 11) is 0. The molecule has 1 aromatic rings. The summed E-state index contributed by atoms with van der Waals surface area (Å²) < 4.78 is 1.64. The van der Waals surface area contributed by atoms with Crippen molar-refractivity contribution < 1.29 is 4.79 Å². The molecular weight excluding hydrogens is 180 g/mol. The van der Waals surface area contributed by atoms with Crippen LogP contribution in [0.25, 0.3) is 0 Å². The second-order valence-corrected chi connectivity index (χ2v) is 3.52. The maximum Gasteiger partial charge on any atom is 0.241 e. The SMILES string of the molecule is CC(C)(C#N)NC(=O)Cn1ccnc1. The molecule has 0 bridgehead atoms. The average molecular weight is 192 g/mol. The number of carbonyl (C=O) groups excluding carboxylic acids is 1. The summed E-state index contributed by atoms with van der Waals surface area (Å²) >= 11 is 0. The molecule has 14 heavy (non-hydrogen) atoms. The van der Waals surface area contributed by atoms with E-state index in [0.29, 0.717) is 0 Å². The van der Waals surface area contributed by atoms with Gasteiger partial charge in [-0.05, 0) is 13.8 Å². The van der Waals surface area contributed by atoms with Gasteiger partial charge in [0.25, 0.3) is 0 Å². The van der Waals surface area contributed by atoms with Gasteiger partial charge < -0.3 is 9.88 Å². The monoisotopic (exact) mass is 192 g/mol. The van der Waals surface area contributed by atoms with Crippen molar-refractivity contribution in [2.24, 2.45) is 0 Å². The molecule has 5 nitrogen and oxygen atoms in total. The summed E-state index contributed by atoms with van der Waals surface area (Å²) in [5, 5.41) is 11.3. The first-order chi connectivity index (χ1) is 6.53. The third-order valence-electron chi connectivity index (χ3n) is 1.62. The highest BCUT2D eigenvalue weighted by Gasteiger charge is 2.18. The van der Waals surface area contributed by atoms with E-state index in [9.17, 15) is 4.79 Å². The zero-order valence-electron chi connectivity index (χ0n) is 8.19. The highest BCUT2D eigenvalue weighted by molar-refractivity contribution is 5.76. The lowest BCUT2D eigenvalue weighted by Crippen LogP contribution is -2.43. The molecule has 0 aliphatic rings. The van der Waals surface area contributed by atoms with E-state index in [4.69, 9.17) is 5.26 Å². The summed E-state index contributed by atoms with van der Waals surface area (Å²) in [6, 6.07) is 1.99. The first-order valence-corrected chi connectivity index (χ1v) is 4.21. The average Bonchev–Trinajstić information content (AvgIpc) is 2.55. The topological polar surface area (TPSA) is 70.7 Å². The van der Waals surface area contributed by atoms with Crippen molar-refractivity contribution in [1.82, 2.24) is 14.9 Å². The molecular formula is C9H12N4O. The number of rotatable bonds is 3. The summed E-state index contributed by atoms with van der Waals surface area (Å²) in [5.74, 6) is -0.199. The summed E-state index contributed by atoms with van der Waals surface area (Å²) in [6.07, 6.45) is 4.85. The van der Waals surface area contributed by atoms with E-state index in [-0.39, 0.29) is 12.5 Å². The molecule has 0 spiro atoms. The predicted molar refractivity (Wildman–Crippen MR) is 50.1 cm³/mol. The minimum absolute atomic E-state index is 0.186. The maximum atomic E-state index is 11.4. The molecule has 0 aliphatic heterocycles. The second-order valence-electron chi connectivity index (χ2n) is 3.52. The fourth-order valence-electron chi connectivity index (χ4n) is 0.962. The number of nitriles is 1. The van der Waals surface area contributed by atoms with E-state index in [1.807, 2.05) is 6.07 Å². The number of imidazole rings is 1. The van der Waals surface area contributed by atoms with Crippen LogP contribution in [0, 0.1) is 11.3 Å². The predicted octanol–water partition coefficient (Wildman–Crippen LogP) is 0.301. The van der Waals surface area contributed by atoms with Crippen molar-refractivity contribution in [3.8, 4) is 6.07 Å². The minimum Gasteiger partial charge on any atom is -0.337 e. The molecule has 1 amide bonds. The molecule has 1 N–H and O–H groups in total. The van der Waals surface area contributed by atoms with Crippen LogP contribution in [0.1, 0.15) is 13.8 Å². The Morgan fingerprint density at radius 2 is 2.43 bits per heavy atom. The number of hydrogen-bond donors (Lipinski definition) is 1. The molecule has 0 radical (unpaired) electrons. The molecule has 1 heterocycles. The van der Waals surface area contributed by atoms with Gasteiger partial charge in [0, 0.05) is 12.4 Å². The van der Waals surface area contributed by atoms with Crippen LogP contribution in [-0.2, 0) is 11.3 Å². The molecule has 0 fully saturated rings. The van der Waals surface area contributed by atoms with E-state index in [1.165, 1.54) is 0 Å². The van der Waals surface area contributed by atoms with Crippen LogP contribution in [0.5, 0.6) is 0 Å². The van der Waals surface area contributed by atoms with E-state index < -0.39 is 5.54 Å². The van der Waals surface area contributed by atoms with Crippen molar-refractivity contribution in [3.63, 3.8) is 0 Å². The van der Waals surface area contributed by atoms with Crippen molar-refractivity contribution in [3.05, 3.63) is 18.7 Å². The van der Waals surface area contributed by atoms with Crippen LogP contribution in [0.2, 0.25) is 0 Å². The van der Waals surface area contributed by atoms with Crippen LogP contribution in [0.4, 0.5) is 0 Å². The van der Waals surface area contributed by atoms with Gasteiger partial charge in [0.15, 0.2) is 0 Å². The second kappa shape index (κ2) is 3.92. The first-order valence-electron chi connectivity index (χ1n) is 4.21. The van der Waals surface area contributed by atoms with Crippen LogP contribution in [0.15, 0.2) is 18.7 Å². The fourth-order valence-corrected chi connectivity index (χ4v) is 0.962.